The predicted octanol–water partition coefficient (Wildman–Crippen LogP) is 4.33. The van der Waals surface area contributed by atoms with Crippen molar-refractivity contribution in [1.29, 1.82) is 0 Å². The van der Waals surface area contributed by atoms with E-state index in [1.54, 1.807) is 11.9 Å². The molecular formula is C25H36N2O4. The van der Waals surface area contributed by atoms with E-state index in [0.717, 1.165) is 24.3 Å². The van der Waals surface area contributed by atoms with Crippen molar-refractivity contribution < 1.29 is 19.1 Å². The van der Waals surface area contributed by atoms with Crippen LogP contribution in [0.15, 0.2) is 12.1 Å². The number of amides is 2. The van der Waals surface area contributed by atoms with Crippen LogP contribution in [0.2, 0.25) is 0 Å². The summed E-state index contributed by atoms with van der Waals surface area (Å²) in [6, 6.07) is 4.20. The highest BCUT2D eigenvalue weighted by molar-refractivity contribution is 6.05. The second-order valence-corrected chi connectivity index (χ2v) is 9.93. The van der Waals surface area contributed by atoms with Crippen molar-refractivity contribution in [3.8, 4) is 5.75 Å². The van der Waals surface area contributed by atoms with Gasteiger partial charge in [0, 0.05) is 37.5 Å². The van der Waals surface area contributed by atoms with Crippen LogP contribution in [0.4, 0.5) is 5.69 Å². The van der Waals surface area contributed by atoms with Gasteiger partial charge in [0.2, 0.25) is 0 Å². The molecule has 4 rings (SSSR count). The lowest BCUT2D eigenvalue weighted by atomic mass is 9.85. The highest BCUT2D eigenvalue weighted by Gasteiger charge is 2.48. The second-order valence-electron chi connectivity index (χ2n) is 9.93. The number of ether oxygens (including phenoxy) is 2. The molecule has 2 fully saturated rings. The van der Waals surface area contributed by atoms with E-state index in [9.17, 15) is 9.59 Å². The number of hydrogen-bond donors (Lipinski definition) is 0. The normalized spacial score (nSPS) is 25.4. The van der Waals surface area contributed by atoms with Gasteiger partial charge in [0.05, 0.1) is 18.9 Å². The van der Waals surface area contributed by atoms with Gasteiger partial charge in [0.1, 0.15) is 5.75 Å². The molecule has 1 aromatic rings. The molecule has 170 valence electrons. The molecule has 0 N–H and O–H groups in total. The summed E-state index contributed by atoms with van der Waals surface area (Å²) in [4.78, 5) is 30.7. The van der Waals surface area contributed by atoms with Gasteiger partial charge in [-0.3, -0.25) is 9.59 Å². The lowest BCUT2D eigenvalue weighted by Gasteiger charge is -2.43. The van der Waals surface area contributed by atoms with E-state index in [1.165, 1.54) is 12.8 Å². The summed E-state index contributed by atoms with van der Waals surface area (Å²) in [6.07, 6.45) is 5.55. The summed E-state index contributed by atoms with van der Waals surface area (Å²) in [5, 5.41) is 0. The first-order chi connectivity index (χ1) is 14.7. The molecule has 6 nitrogen and oxygen atoms in total. The Morgan fingerprint density at radius 2 is 1.81 bits per heavy atom. The number of hydrogen-bond acceptors (Lipinski definition) is 4. The average Bonchev–Trinajstić information content (AvgIpc) is 2.74. The smallest absolute Gasteiger partial charge is 0.271 e. The van der Waals surface area contributed by atoms with Crippen LogP contribution in [-0.4, -0.2) is 54.7 Å². The van der Waals surface area contributed by atoms with Crippen LogP contribution in [0.5, 0.6) is 5.75 Å². The largest absolute Gasteiger partial charge is 0.475 e. The number of anilines is 1. The highest BCUT2D eigenvalue weighted by atomic mass is 16.5. The fourth-order valence-electron chi connectivity index (χ4n) is 5.41. The Kier molecular flexibility index (Phi) is 6.03. The Bertz CT molecular complexity index is 851. The van der Waals surface area contributed by atoms with Crippen molar-refractivity contribution in [2.45, 2.75) is 83.9 Å². The number of nitrogens with zero attached hydrogens (tertiary/aromatic N) is 2. The zero-order chi connectivity index (χ0) is 22.3. The zero-order valence-corrected chi connectivity index (χ0v) is 19.6. The number of benzene rings is 1. The summed E-state index contributed by atoms with van der Waals surface area (Å²) in [5.74, 6) is 1.43. The van der Waals surface area contributed by atoms with Crippen LogP contribution in [0.25, 0.3) is 0 Å². The van der Waals surface area contributed by atoms with E-state index in [4.69, 9.17) is 9.47 Å². The molecule has 1 aliphatic carbocycles. The minimum absolute atomic E-state index is 0.0486. The average molecular weight is 429 g/mol. The third-order valence-corrected chi connectivity index (χ3v) is 7.37. The van der Waals surface area contributed by atoms with Crippen molar-refractivity contribution >= 4 is 17.5 Å². The van der Waals surface area contributed by atoms with Gasteiger partial charge < -0.3 is 19.3 Å². The molecule has 1 saturated carbocycles. The Labute approximate surface area is 185 Å². The molecule has 0 radical (unpaired) electrons. The topological polar surface area (TPSA) is 59.1 Å². The van der Waals surface area contributed by atoms with Gasteiger partial charge in [-0.1, -0.05) is 6.92 Å². The Morgan fingerprint density at radius 3 is 2.42 bits per heavy atom. The molecular weight excluding hydrogens is 392 g/mol. The highest BCUT2D eigenvalue weighted by Crippen LogP contribution is 2.43. The van der Waals surface area contributed by atoms with Crippen molar-refractivity contribution in [1.82, 2.24) is 4.90 Å². The van der Waals surface area contributed by atoms with E-state index in [-0.39, 0.29) is 23.9 Å². The van der Waals surface area contributed by atoms with Gasteiger partial charge in [-0.15, -0.1) is 0 Å². The SMILES string of the molecule is Cc1cc2c(cc1C(=O)N(C(C)C)C1CCC(C)CC1)N(C)C(=O)C1(CCOCC1)O2. The molecule has 0 aromatic heterocycles. The van der Waals surface area contributed by atoms with Gasteiger partial charge in [-0.05, 0) is 70.1 Å². The number of carbonyl (C=O) groups excluding carboxylic acids is 2. The van der Waals surface area contributed by atoms with Gasteiger partial charge in [0.15, 0.2) is 5.60 Å². The Morgan fingerprint density at radius 1 is 1.16 bits per heavy atom. The summed E-state index contributed by atoms with van der Waals surface area (Å²) in [5.41, 5.74) is 1.39. The molecule has 1 saturated heterocycles. The molecule has 1 spiro atoms. The maximum absolute atomic E-state index is 13.7. The molecule has 3 aliphatic rings. The Hall–Kier alpha value is -2.08. The van der Waals surface area contributed by atoms with Crippen molar-refractivity contribution in [3.63, 3.8) is 0 Å². The Balaban J connectivity index is 1.66. The lowest BCUT2D eigenvalue weighted by Crippen LogP contribution is -2.57. The minimum atomic E-state index is -0.847. The van der Waals surface area contributed by atoms with Crippen molar-refractivity contribution in [2.24, 2.45) is 5.92 Å². The molecule has 2 heterocycles. The van der Waals surface area contributed by atoms with Crippen LogP contribution in [-0.2, 0) is 9.53 Å². The number of fused-ring (bicyclic) bond motifs is 1. The fourth-order valence-corrected chi connectivity index (χ4v) is 5.41. The molecule has 2 aliphatic heterocycles. The third-order valence-electron chi connectivity index (χ3n) is 7.37. The van der Waals surface area contributed by atoms with Crippen LogP contribution in [0, 0.1) is 12.8 Å². The maximum atomic E-state index is 13.7. The summed E-state index contributed by atoms with van der Waals surface area (Å²) < 4.78 is 11.8. The van der Waals surface area contributed by atoms with E-state index in [2.05, 4.69) is 25.7 Å². The van der Waals surface area contributed by atoms with E-state index in [0.29, 0.717) is 43.1 Å². The van der Waals surface area contributed by atoms with Crippen molar-refractivity contribution in [2.75, 3.05) is 25.2 Å². The molecule has 1 aromatic carbocycles. The molecule has 0 atom stereocenters. The second kappa shape index (κ2) is 8.45. The maximum Gasteiger partial charge on any atom is 0.271 e. The lowest BCUT2D eigenvalue weighted by molar-refractivity contribution is -0.143. The van der Waals surface area contributed by atoms with Gasteiger partial charge in [-0.2, -0.15) is 0 Å². The number of likely N-dealkylation sites (N-methyl/N-ethyl adjacent to an activating group) is 1. The van der Waals surface area contributed by atoms with Gasteiger partial charge in [0.25, 0.3) is 11.8 Å². The third kappa shape index (κ3) is 3.95. The van der Waals surface area contributed by atoms with E-state index >= 15 is 0 Å². The first-order valence-electron chi connectivity index (χ1n) is 11.8. The summed E-state index contributed by atoms with van der Waals surface area (Å²) in [6.45, 7) is 9.49. The van der Waals surface area contributed by atoms with Crippen LogP contribution < -0.4 is 9.64 Å². The first kappa shape index (κ1) is 22.1. The molecule has 0 bridgehead atoms. The number of aryl methyl sites for hydroxylation is 1. The fraction of sp³-hybridized carbons (Fsp3) is 0.680. The summed E-state index contributed by atoms with van der Waals surface area (Å²) >= 11 is 0. The van der Waals surface area contributed by atoms with E-state index < -0.39 is 5.60 Å². The standard InChI is InChI=1S/C25H36N2O4/c1-16(2)27(19-8-6-17(3)7-9-19)23(28)20-15-21-22(14-18(20)4)31-25(24(29)26(21)5)10-12-30-13-11-25/h14-17,19H,6-13H2,1-5H3. The number of rotatable bonds is 3. The molecule has 2 amide bonds. The van der Waals surface area contributed by atoms with Crippen LogP contribution in [0.1, 0.15) is 75.2 Å². The quantitative estimate of drug-likeness (QED) is 0.719. The van der Waals surface area contributed by atoms with Gasteiger partial charge in [-0.25, -0.2) is 0 Å². The molecule has 6 heteroatoms. The van der Waals surface area contributed by atoms with Gasteiger partial charge >= 0.3 is 0 Å². The molecule has 0 unspecified atom stereocenters. The van der Waals surface area contributed by atoms with E-state index in [1.807, 2.05) is 19.1 Å². The monoisotopic (exact) mass is 428 g/mol. The first-order valence-corrected chi connectivity index (χ1v) is 11.8. The van der Waals surface area contributed by atoms with Crippen molar-refractivity contribution in [3.05, 3.63) is 23.3 Å². The predicted molar refractivity (Wildman–Crippen MR) is 121 cm³/mol. The molecule has 31 heavy (non-hydrogen) atoms. The number of carbonyl (C=O) groups is 2. The summed E-state index contributed by atoms with van der Waals surface area (Å²) in [7, 11) is 1.78. The van der Waals surface area contributed by atoms with Crippen LogP contribution in [0.3, 0.4) is 0 Å². The minimum Gasteiger partial charge on any atom is -0.475 e. The zero-order valence-electron chi connectivity index (χ0n) is 19.6. The van der Waals surface area contributed by atoms with Crippen LogP contribution >= 0.6 is 0 Å².